The molecule has 32 heavy (non-hydrogen) atoms. The Kier molecular flexibility index (Phi) is 3.94. The average Bonchev–Trinajstić information content (AvgIpc) is 2.75. The molecular formula is C25H14O7. The Balaban J connectivity index is 2.17. The highest BCUT2D eigenvalue weighted by atomic mass is 16.4. The van der Waals surface area contributed by atoms with Gasteiger partial charge in [-0.25, -0.2) is 14.4 Å². The van der Waals surface area contributed by atoms with Crippen molar-refractivity contribution in [2.24, 2.45) is 0 Å². The number of carbonyl (C=O) groups is 4. The number of fused-ring (bicyclic) bond motifs is 2. The first kappa shape index (κ1) is 19.4. The van der Waals surface area contributed by atoms with E-state index in [0.29, 0.717) is 37.7 Å². The second-order valence-electron chi connectivity index (χ2n) is 7.61. The maximum absolute atomic E-state index is 12.3. The molecule has 5 aromatic rings. The van der Waals surface area contributed by atoms with Crippen molar-refractivity contribution in [3.05, 3.63) is 70.8 Å². The molecule has 0 saturated carbocycles. The number of carboxylic acid groups (broad SMARTS) is 3. The smallest absolute Gasteiger partial charge is 0.336 e. The summed E-state index contributed by atoms with van der Waals surface area (Å²) >= 11 is 0. The lowest BCUT2D eigenvalue weighted by Crippen LogP contribution is -2.06. The average molecular weight is 426 g/mol. The second-order valence-corrected chi connectivity index (χ2v) is 7.61. The van der Waals surface area contributed by atoms with Gasteiger partial charge in [-0.2, -0.15) is 0 Å². The SMILES string of the molecule is CC(=O)c1ccc2c3ccc(C(=O)O)c4c(C(=O)O)ccc(c5ccc(C(=O)O)c1c25)c43. The van der Waals surface area contributed by atoms with E-state index in [9.17, 15) is 34.5 Å². The minimum Gasteiger partial charge on any atom is -0.478 e. The number of hydrogen-bond acceptors (Lipinski definition) is 4. The van der Waals surface area contributed by atoms with Gasteiger partial charge < -0.3 is 15.3 Å². The van der Waals surface area contributed by atoms with Crippen molar-refractivity contribution < 1.29 is 34.5 Å². The first-order valence-corrected chi connectivity index (χ1v) is 9.63. The van der Waals surface area contributed by atoms with Crippen molar-refractivity contribution >= 4 is 66.8 Å². The number of rotatable bonds is 4. The summed E-state index contributed by atoms with van der Waals surface area (Å²) in [4.78, 5) is 48.1. The molecule has 0 aliphatic rings. The Morgan fingerprint density at radius 1 is 0.469 bits per heavy atom. The van der Waals surface area contributed by atoms with Gasteiger partial charge in [-0.3, -0.25) is 4.79 Å². The molecule has 0 aromatic heterocycles. The Morgan fingerprint density at radius 2 is 0.750 bits per heavy atom. The predicted octanol–water partition coefficient (Wildman–Crippen LogP) is 5.03. The van der Waals surface area contributed by atoms with Crippen molar-refractivity contribution in [2.75, 3.05) is 0 Å². The van der Waals surface area contributed by atoms with Crippen LogP contribution < -0.4 is 0 Å². The van der Waals surface area contributed by atoms with E-state index in [4.69, 9.17) is 0 Å². The fourth-order valence-corrected chi connectivity index (χ4v) is 4.72. The first-order chi connectivity index (χ1) is 15.2. The molecule has 0 aliphatic carbocycles. The number of hydrogen-bond donors (Lipinski definition) is 3. The normalized spacial score (nSPS) is 11.5. The van der Waals surface area contributed by atoms with Gasteiger partial charge in [0.25, 0.3) is 0 Å². The van der Waals surface area contributed by atoms with E-state index >= 15 is 0 Å². The van der Waals surface area contributed by atoms with Crippen LogP contribution in [-0.4, -0.2) is 39.0 Å². The van der Waals surface area contributed by atoms with Crippen LogP contribution in [0.1, 0.15) is 48.4 Å². The number of carboxylic acids is 3. The van der Waals surface area contributed by atoms with Crippen LogP contribution in [0, 0.1) is 0 Å². The zero-order chi connectivity index (χ0) is 22.9. The lowest BCUT2D eigenvalue weighted by Gasteiger charge is -2.18. The lowest BCUT2D eigenvalue weighted by atomic mass is 9.84. The predicted molar refractivity (Wildman–Crippen MR) is 119 cm³/mol. The van der Waals surface area contributed by atoms with Gasteiger partial charge in [0.05, 0.1) is 16.7 Å². The van der Waals surface area contributed by atoms with Crippen LogP contribution in [0.3, 0.4) is 0 Å². The van der Waals surface area contributed by atoms with Crippen LogP contribution in [0.2, 0.25) is 0 Å². The number of Topliss-reactive ketones (excluding diaryl/α,β-unsaturated/α-hetero) is 1. The van der Waals surface area contributed by atoms with Crippen LogP contribution in [0.25, 0.3) is 43.1 Å². The number of benzene rings is 5. The highest BCUT2D eigenvalue weighted by Gasteiger charge is 2.24. The van der Waals surface area contributed by atoms with E-state index in [1.54, 1.807) is 30.3 Å². The van der Waals surface area contributed by atoms with Crippen molar-refractivity contribution in [1.82, 2.24) is 0 Å². The van der Waals surface area contributed by atoms with Gasteiger partial charge in [-0.1, -0.05) is 30.3 Å². The van der Waals surface area contributed by atoms with Crippen LogP contribution in [0.5, 0.6) is 0 Å². The van der Waals surface area contributed by atoms with Gasteiger partial charge in [0.1, 0.15) is 0 Å². The minimum absolute atomic E-state index is 0.0141. The zero-order valence-electron chi connectivity index (χ0n) is 16.6. The van der Waals surface area contributed by atoms with Crippen LogP contribution in [-0.2, 0) is 0 Å². The molecule has 0 bridgehead atoms. The molecule has 5 rings (SSSR count). The molecule has 7 heteroatoms. The molecule has 156 valence electrons. The number of carbonyl (C=O) groups excluding carboxylic acids is 1. The molecule has 7 nitrogen and oxygen atoms in total. The van der Waals surface area contributed by atoms with Crippen LogP contribution in [0.15, 0.2) is 48.5 Å². The monoisotopic (exact) mass is 426 g/mol. The van der Waals surface area contributed by atoms with Crippen molar-refractivity contribution in [3.63, 3.8) is 0 Å². The Morgan fingerprint density at radius 3 is 1.03 bits per heavy atom. The van der Waals surface area contributed by atoms with Gasteiger partial charge in [0, 0.05) is 16.3 Å². The standard InChI is InChI=1S/C25H14O7/c1-10(26)11-2-3-12-14-5-8-17(24(29)30)22-18(25(31)32)9-6-15(21(14)22)13-4-7-16(23(27)28)19(11)20(12)13/h2-9H,1H3,(H,27,28)(H,29,30)(H,31,32). The van der Waals surface area contributed by atoms with E-state index in [1.165, 1.54) is 25.1 Å². The molecule has 0 spiro atoms. The summed E-state index contributed by atoms with van der Waals surface area (Å²) in [6.45, 7) is 1.37. The third-order valence-electron chi connectivity index (χ3n) is 5.97. The molecule has 5 aromatic carbocycles. The van der Waals surface area contributed by atoms with Gasteiger partial charge >= 0.3 is 17.9 Å². The molecule has 0 aliphatic heterocycles. The van der Waals surface area contributed by atoms with Crippen LogP contribution >= 0.6 is 0 Å². The second kappa shape index (κ2) is 6.49. The van der Waals surface area contributed by atoms with Crippen molar-refractivity contribution in [1.29, 1.82) is 0 Å². The Bertz CT molecular complexity index is 1440. The van der Waals surface area contributed by atoms with Crippen molar-refractivity contribution in [2.45, 2.75) is 6.92 Å². The Hall–Kier alpha value is -4.52. The fraction of sp³-hybridized carbons (Fsp3) is 0.0400. The van der Waals surface area contributed by atoms with Gasteiger partial charge in [-0.05, 0) is 57.4 Å². The molecule has 0 amide bonds. The highest BCUT2D eigenvalue weighted by Crippen LogP contribution is 2.44. The summed E-state index contributed by atoms with van der Waals surface area (Å²) in [5, 5.41) is 33.0. The van der Waals surface area contributed by atoms with E-state index < -0.39 is 17.9 Å². The van der Waals surface area contributed by atoms with E-state index in [-0.39, 0.29) is 33.4 Å². The molecule has 3 N–H and O–H groups in total. The summed E-state index contributed by atoms with van der Waals surface area (Å²) in [5.74, 6) is -3.95. The highest BCUT2D eigenvalue weighted by molar-refractivity contribution is 6.38. The Labute approximate surface area is 179 Å². The summed E-state index contributed by atoms with van der Waals surface area (Å²) < 4.78 is 0. The number of ketones is 1. The summed E-state index contributed by atoms with van der Waals surface area (Å²) in [7, 11) is 0. The zero-order valence-corrected chi connectivity index (χ0v) is 16.6. The third-order valence-corrected chi connectivity index (χ3v) is 5.97. The van der Waals surface area contributed by atoms with Gasteiger partial charge in [-0.15, -0.1) is 0 Å². The lowest BCUT2D eigenvalue weighted by molar-refractivity contribution is 0.0685. The maximum atomic E-state index is 12.3. The number of aromatic carboxylic acids is 3. The fourth-order valence-electron chi connectivity index (χ4n) is 4.72. The van der Waals surface area contributed by atoms with E-state index in [0.717, 1.165) is 0 Å². The summed E-state index contributed by atoms with van der Waals surface area (Å²) in [6.07, 6.45) is 0. The molecule has 0 unspecified atom stereocenters. The summed E-state index contributed by atoms with van der Waals surface area (Å²) in [5.41, 5.74) is -0.0118. The van der Waals surface area contributed by atoms with E-state index in [2.05, 4.69) is 0 Å². The van der Waals surface area contributed by atoms with E-state index in [1.807, 2.05) is 0 Å². The molecule has 0 radical (unpaired) electrons. The molecule has 0 heterocycles. The largest absolute Gasteiger partial charge is 0.478 e. The molecule has 0 fully saturated rings. The molecule has 0 saturated heterocycles. The third kappa shape index (κ3) is 2.42. The quantitative estimate of drug-likeness (QED) is 0.209. The minimum atomic E-state index is -1.25. The van der Waals surface area contributed by atoms with Gasteiger partial charge in [0.2, 0.25) is 0 Å². The topological polar surface area (TPSA) is 129 Å². The van der Waals surface area contributed by atoms with Gasteiger partial charge in [0.15, 0.2) is 5.78 Å². The first-order valence-electron chi connectivity index (χ1n) is 9.63. The van der Waals surface area contributed by atoms with Crippen LogP contribution in [0.4, 0.5) is 0 Å². The molecule has 0 atom stereocenters. The summed E-state index contributed by atoms with van der Waals surface area (Å²) in [6, 6.07) is 12.2. The maximum Gasteiger partial charge on any atom is 0.336 e. The van der Waals surface area contributed by atoms with Crippen molar-refractivity contribution in [3.8, 4) is 0 Å². The molecular weight excluding hydrogens is 412 g/mol.